The zero-order valence-electron chi connectivity index (χ0n) is 16.4. The lowest BCUT2D eigenvalue weighted by molar-refractivity contribution is -0.137. The number of halogens is 3. The van der Waals surface area contributed by atoms with Gasteiger partial charge in [-0.05, 0) is 25.1 Å². The Morgan fingerprint density at radius 1 is 1.16 bits per heavy atom. The number of alkyl halides is 3. The SMILES string of the molecule is Cc1c(C(=O)NCCOc2cccc(C(F)(F)F)c2)sc2nc(-c3ccccc3)cn12. The quantitative estimate of drug-likeness (QED) is 0.415. The van der Waals surface area contributed by atoms with Crippen molar-refractivity contribution in [2.75, 3.05) is 13.2 Å². The molecular formula is C22H18F3N3O2S. The maximum atomic E-state index is 12.8. The van der Waals surface area contributed by atoms with E-state index in [0.717, 1.165) is 29.1 Å². The van der Waals surface area contributed by atoms with Crippen molar-refractivity contribution in [3.63, 3.8) is 0 Å². The highest BCUT2D eigenvalue weighted by molar-refractivity contribution is 7.19. The predicted molar refractivity (Wildman–Crippen MR) is 113 cm³/mol. The number of nitrogens with one attached hydrogen (secondary N) is 1. The fourth-order valence-corrected chi connectivity index (χ4v) is 4.11. The van der Waals surface area contributed by atoms with E-state index in [-0.39, 0.29) is 24.8 Å². The molecule has 0 bridgehead atoms. The summed E-state index contributed by atoms with van der Waals surface area (Å²) in [7, 11) is 0. The normalized spacial score (nSPS) is 11.6. The van der Waals surface area contributed by atoms with Crippen molar-refractivity contribution in [2.24, 2.45) is 0 Å². The van der Waals surface area contributed by atoms with Crippen molar-refractivity contribution in [3.05, 3.63) is 76.9 Å². The number of aromatic nitrogens is 2. The molecule has 9 heteroatoms. The first-order chi connectivity index (χ1) is 14.8. The van der Waals surface area contributed by atoms with Crippen molar-refractivity contribution < 1.29 is 22.7 Å². The van der Waals surface area contributed by atoms with Gasteiger partial charge in [-0.2, -0.15) is 13.2 Å². The van der Waals surface area contributed by atoms with E-state index in [9.17, 15) is 18.0 Å². The molecule has 0 aliphatic carbocycles. The molecule has 2 heterocycles. The molecule has 2 aromatic heterocycles. The molecule has 2 aromatic carbocycles. The van der Waals surface area contributed by atoms with Crippen molar-refractivity contribution in [1.82, 2.24) is 14.7 Å². The van der Waals surface area contributed by atoms with Gasteiger partial charge in [0.2, 0.25) is 0 Å². The van der Waals surface area contributed by atoms with Gasteiger partial charge >= 0.3 is 6.18 Å². The van der Waals surface area contributed by atoms with Crippen LogP contribution >= 0.6 is 11.3 Å². The number of hydrogen-bond acceptors (Lipinski definition) is 4. The van der Waals surface area contributed by atoms with Crippen LogP contribution in [0, 0.1) is 6.92 Å². The Bertz CT molecular complexity index is 1220. The zero-order chi connectivity index (χ0) is 22.0. The number of amides is 1. The van der Waals surface area contributed by atoms with Crippen LogP contribution in [0.5, 0.6) is 5.75 Å². The summed E-state index contributed by atoms with van der Waals surface area (Å²) in [6.45, 7) is 2.05. The number of thiazole rings is 1. The highest BCUT2D eigenvalue weighted by Crippen LogP contribution is 2.31. The van der Waals surface area contributed by atoms with E-state index in [2.05, 4.69) is 10.3 Å². The molecule has 4 rings (SSSR count). The molecule has 0 atom stereocenters. The lowest BCUT2D eigenvalue weighted by atomic mass is 10.2. The lowest BCUT2D eigenvalue weighted by Gasteiger charge is -2.10. The predicted octanol–water partition coefficient (Wildman–Crippen LogP) is 5.20. The molecule has 0 saturated carbocycles. The van der Waals surface area contributed by atoms with Crippen LogP contribution in [-0.4, -0.2) is 28.4 Å². The molecule has 0 spiro atoms. The van der Waals surface area contributed by atoms with E-state index in [1.807, 2.05) is 47.9 Å². The molecule has 1 N–H and O–H groups in total. The number of rotatable bonds is 6. The Labute approximate surface area is 180 Å². The summed E-state index contributed by atoms with van der Waals surface area (Å²) in [5, 5.41) is 2.74. The standard InChI is InChI=1S/C22H18F3N3O2S/c1-14-19(31-21-27-18(13-28(14)21)15-6-3-2-4-7-15)20(29)26-10-11-30-17-9-5-8-16(12-17)22(23,24)25/h2-9,12-13H,10-11H2,1H3,(H,26,29). The maximum absolute atomic E-state index is 12.8. The summed E-state index contributed by atoms with van der Waals surface area (Å²) in [5.41, 5.74) is 1.82. The zero-order valence-corrected chi connectivity index (χ0v) is 17.3. The summed E-state index contributed by atoms with van der Waals surface area (Å²) in [6.07, 6.45) is -2.54. The van der Waals surface area contributed by atoms with E-state index in [1.54, 1.807) is 0 Å². The van der Waals surface area contributed by atoms with Crippen LogP contribution in [0.1, 0.15) is 20.9 Å². The minimum absolute atomic E-state index is 0.0484. The van der Waals surface area contributed by atoms with E-state index in [1.165, 1.54) is 23.5 Å². The summed E-state index contributed by atoms with van der Waals surface area (Å²) >= 11 is 1.28. The number of carbonyl (C=O) groups excluding carboxylic acids is 1. The first-order valence-corrected chi connectivity index (χ1v) is 10.3. The Hall–Kier alpha value is -3.33. The lowest BCUT2D eigenvalue weighted by Crippen LogP contribution is -2.28. The first kappa shape index (κ1) is 20.9. The van der Waals surface area contributed by atoms with Crippen LogP contribution in [0.15, 0.2) is 60.8 Å². The van der Waals surface area contributed by atoms with Gasteiger partial charge in [-0.1, -0.05) is 47.7 Å². The number of ether oxygens (including phenoxy) is 1. The molecule has 0 unspecified atom stereocenters. The number of aryl methyl sites for hydroxylation is 1. The van der Waals surface area contributed by atoms with Crippen LogP contribution < -0.4 is 10.1 Å². The summed E-state index contributed by atoms with van der Waals surface area (Å²) in [6, 6.07) is 14.4. The third-order valence-corrected chi connectivity index (χ3v) is 5.81. The highest BCUT2D eigenvalue weighted by Gasteiger charge is 2.30. The molecule has 5 nitrogen and oxygen atoms in total. The van der Waals surface area contributed by atoms with Crippen LogP contribution in [0.4, 0.5) is 13.2 Å². The average Bonchev–Trinajstić information content (AvgIpc) is 3.31. The van der Waals surface area contributed by atoms with Crippen molar-refractivity contribution in [3.8, 4) is 17.0 Å². The highest BCUT2D eigenvalue weighted by atomic mass is 32.1. The molecule has 31 heavy (non-hydrogen) atoms. The second kappa shape index (κ2) is 8.43. The Morgan fingerprint density at radius 3 is 2.65 bits per heavy atom. The number of nitrogens with zero attached hydrogens (tertiary/aromatic N) is 2. The number of hydrogen-bond donors (Lipinski definition) is 1. The van der Waals surface area contributed by atoms with Gasteiger partial charge in [0.15, 0.2) is 4.96 Å². The molecule has 1 amide bonds. The molecule has 0 radical (unpaired) electrons. The monoisotopic (exact) mass is 445 g/mol. The van der Waals surface area contributed by atoms with Crippen molar-refractivity contribution >= 4 is 22.2 Å². The minimum Gasteiger partial charge on any atom is -0.492 e. The van der Waals surface area contributed by atoms with Crippen LogP contribution in [-0.2, 0) is 6.18 Å². The van der Waals surface area contributed by atoms with Crippen LogP contribution in [0.3, 0.4) is 0 Å². The van der Waals surface area contributed by atoms with Gasteiger partial charge < -0.3 is 10.1 Å². The fourth-order valence-electron chi connectivity index (χ4n) is 3.08. The van der Waals surface area contributed by atoms with E-state index >= 15 is 0 Å². The number of carbonyl (C=O) groups is 1. The van der Waals surface area contributed by atoms with Gasteiger partial charge in [-0.25, -0.2) is 4.98 Å². The molecule has 0 fully saturated rings. The Morgan fingerprint density at radius 2 is 1.94 bits per heavy atom. The van der Waals surface area contributed by atoms with E-state index in [4.69, 9.17) is 4.74 Å². The Balaban J connectivity index is 1.37. The third-order valence-electron chi connectivity index (χ3n) is 4.65. The second-order valence-electron chi connectivity index (χ2n) is 6.79. The molecular weight excluding hydrogens is 427 g/mol. The smallest absolute Gasteiger partial charge is 0.416 e. The minimum atomic E-state index is -4.43. The Kier molecular flexibility index (Phi) is 5.69. The van der Waals surface area contributed by atoms with E-state index < -0.39 is 11.7 Å². The van der Waals surface area contributed by atoms with Crippen molar-refractivity contribution in [2.45, 2.75) is 13.1 Å². The van der Waals surface area contributed by atoms with Gasteiger partial charge in [-0.15, -0.1) is 0 Å². The molecule has 160 valence electrons. The fraction of sp³-hybridized carbons (Fsp3) is 0.182. The van der Waals surface area contributed by atoms with Crippen LogP contribution in [0.2, 0.25) is 0 Å². The number of benzene rings is 2. The first-order valence-electron chi connectivity index (χ1n) is 9.45. The van der Waals surface area contributed by atoms with Gasteiger partial charge in [0.05, 0.1) is 17.8 Å². The molecule has 0 saturated heterocycles. The van der Waals surface area contributed by atoms with Gasteiger partial charge in [0.25, 0.3) is 5.91 Å². The van der Waals surface area contributed by atoms with Crippen molar-refractivity contribution in [1.29, 1.82) is 0 Å². The summed E-state index contributed by atoms with van der Waals surface area (Å²) in [4.78, 5) is 18.4. The van der Waals surface area contributed by atoms with Crippen LogP contribution in [0.25, 0.3) is 16.2 Å². The largest absolute Gasteiger partial charge is 0.492 e. The number of imidazole rings is 1. The topological polar surface area (TPSA) is 55.6 Å². The summed E-state index contributed by atoms with van der Waals surface area (Å²) in [5.74, 6) is -0.176. The summed E-state index contributed by atoms with van der Waals surface area (Å²) < 4.78 is 45.5. The van der Waals surface area contributed by atoms with Gasteiger partial charge in [0, 0.05) is 17.5 Å². The van der Waals surface area contributed by atoms with Gasteiger partial charge in [-0.3, -0.25) is 9.20 Å². The number of fused-ring (bicyclic) bond motifs is 1. The molecule has 4 aromatic rings. The van der Waals surface area contributed by atoms with Gasteiger partial charge in [0.1, 0.15) is 17.2 Å². The molecule has 0 aliphatic heterocycles. The third kappa shape index (κ3) is 4.56. The molecule has 0 aliphatic rings. The maximum Gasteiger partial charge on any atom is 0.416 e. The second-order valence-corrected chi connectivity index (χ2v) is 7.77. The van der Waals surface area contributed by atoms with E-state index in [0.29, 0.717) is 9.84 Å². The average molecular weight is 445 g/mol.